The molecule has 1 aliphatic heterocycles. The van der Waals surface area contributed by atoms with E-state index in [1.807, 2.05) is 42.1 Å². The summed E-state index contributed by atoms with van der Waals surface area (Å²) in [5.74, 6) is 2.07. The Bertz CT molecular complexity index is 627. The van der Waals surface area contributed by atoms with Gasteiger partial charge in [0.1, 0.15) is 5.82 Å². The lowest BCUT2D eigenvalue weighted by molar-refractivity contribution is 0.804. The van der Waals surface area contributed by atoms with Gasteiger partial charge in [-0.05, 0) is 30.7 Å². The minimum absolute atomic E-state index is 0.679. The van der Waals surface area contributed by atoms with Gasteiger partial charge in [-0.1, -0.05) is 18.2 Å². The standard InChI is InChI=1S/C15H15N3S/c16-9-11-8-15(17-10-12-4-3-7-19-12)18-14-6-2-1-5-13(11)14/h1-2,5-6,8,12H,3-4,7,10H2,(H,17,18). The summed E-state index contributed by atoms with van der Waals surface area (Å²) in [7, 11) is 0. The van der Waals surface area contributed by atoms with Gasteiger partial charge in [0.25, 0.3) is 0 Å². The number of hydrogen-bond acceptors (Lipinski definition) is 4. The van der Waals surface area contributed by atoms with E-state index in [2.05, 4.69) is 16.4 Å². The van der Waals surface area contributed by atoms with Gasteiger partial charge in [-0.25, -0.2) is 4.98 Å². The maximum Gasteiger partial charge on any atom is 0.128 e. The Balaban J connectivity index is 1.85. The zero-order valence-corrected chi connectivity index (χ0v) is 11.4. The van der Waals surface area contributed by atoms with Crippen LogP contribution in [0.5, 0.6) is 0 Å². The van der Waals surface area contributed by atoms with Crippen molar-refractivity contribution < 1.29 is 0 Å². The molecule has 4 heteroatoms. The summed E-state index contributed by atoms with van der Waals surface area (Å²) in [4.78, 5) is 4.57. The van der Waals surface area contributed by atoms with E-state index < -0.39 is 0 Å². The van der Waals surface area contributed by atoms with Crippen LogP contribution >= 0.6 is 11.8 Å². The van der Waals surface area contributed by atoms with Gasteiger partial charge in [0.2, 0.25) is 0 Å². The summed E-state index contributed by atoms with van der Waals surface area (Å²) in [5, 5.41) is 14.2. The largest absolute Gasteiger partial charge is 0.369 e. The summed E-state index contributed by atoms with van der Waals surface area (Å²) >= 11 is 2.02. The van der Waals surface area contributed by atoms with Crippen molar-refractivity contribution in [3.63, 3.8) is 0 Å². The van der Waals surface area contributed by atoms with Gasteiger partial charge >= 0.3 is 0 Å². The molecule has 1 aromatic carbocycles. The first-order valence-electron chi connectivity index (χ1n) is 6.52. The molecular weight excluding hydrogens is 254 g/mol. The van der Waals surface area contributed by atoms with E-state index in [4.69, 9.17) is 0 Å². The quantitative estimate of drug-likeness (QED) is 0.927. The zero-order chi connectivity index (χ0) is 13.1. The molecule has 0 aliphatic carbocycles. The second-order valence-corrected chi connectivity index (χ2v) is 6.11. The van der Waals surface area contributed by atoms with E-state index >= 15 is 0 Å². The number of hydrogen-bond donors (Lipinski definition) is 1. The first-order valence-corrected chi connectivity index (χ1v) is 7.57. The van der Waals surface area contributed by atoms with Gasteiger partial charge < -0.3 is 5.32 Å². The molecule has 19 heavy (non-hydrogen) atoms. The number of thioether (sulfide) groups is 1. The minimum atomic E-state index is 0.679. The molecule has 0 saturated carbocycles. The Hall–Kier alpha value is -1.73. The van der Waals surface area contributed by atoms with Gasteiger partial charge in [0.15, 0.2) is 0 Å². The number of fused-ring (bicyclic) bond motifs is 1. The van der Waals surface area contributed by atoms with Crippen LogP contribution in [-0.2, 0) is 0 Å². The molecule has 3 rings (SSSR count). The second-order valence-electron chi connectivity index (χ2n) is 4.70. The summed E-state index contributed by atoms with van der Waals surface area (Å²) in [6.07, 6.45) is 2.59. The predicted octanol–water partition coefficient (Wildman–Crippen LogP) is 3.41. The number of nitriles is 1. The Morgan fingerprint density at radius 3 is 3.11 bits per heavy atom. The van der Waals surface area contributed by atoms with Gasteiger partial charge in [-0.3, -0.25) is 0 Å². The van der Waals surface area contributed by atoms with Crippen LogP contribution in [0.15, 0.2) is 30.3 Å². The van der Waals surface area contributed by atoms with Crippen LogP contribution in [-0.4, -0.2) is 22.5 Å². The zero-order valence-electron chi connectivity index (χ0n) is 10.6. The highest BCUT2D eigenvalue weighted by Crippen LogP contribution is 2.26. The Morgan fingerprint density at radius 2 is 2.32 bits per heavy atom. The average Bonchev–Trinajstić information content (AvgIpc) is 2.97. The summed E-state index contributed by atoms with van der Waals surface area (Å²) in [6.45, 7) is 0.931. The van der Waals surface area contributed by atoms with Crippen molar-refractivity contribution in [2.75, 3.05) is 17.6 Å². The number of aromatic nitrogens is 1. The Kier molecular flexibility index (Phi) is 3.56. The Morgan fingerprint density at radius 1 is 1.42 bits per heavy atom. The van der Waals surface area contributed by atoms with E-state index in [-0.39, 0.29) is 0 Å². The molecule has 3 nitrogen and oxygen atoms in total. The summed E-state index contributed by atoms with van der Waals surface area (Å²) < 4.78 is 0. The Labute approximate surface area is 117 Å². The van der Waals surface area contributed by atoms with Crippen LogP contribution in [0.3, 0.4) is 0 Å². The number of pyridine rings is 1. The fraction of sp³-hybridized carbons (Fsp3) is 0.333. The molecule has 96 valence electrons. The van der Waals surface area contributed by atoms with E-state index in [1.165, 1.54) is 18.6 Å². The van der Waals surface area contributed by atoms with Crippen molar-refractivity contribution in [3.8, 4) is 6.07 Å². The minimum Gasteiger partial charge on any atom is -0.369 e. The fourth-order valence-corrected chi connectivity index (χ4v) is 3.58. The number of nitrogens with zero attached hydrogens (tertiary/aromatic N) is 2. The summed E-state index contributed by atoms with van der Waals surface area (Å²) in [5.41, 5.74) is 1.57. The molecule has 1 N–H and O–H groups in total. The molecule has 2 aromatic rings. The number of anilines is 1. The van der Waals surface area contributed by atoms with Crippen molar-refractivity contribution in [1.29, 1.82) is 5.26 Å². The smallest absolute Gasteiger partial charge is 0.128 e. The molecule has 0 amide bonds. The van der Waals surface area contributed by atoms with Crippen LogP contribution in [0.4, 0.5) is 5.82 Å². The van der Waals surface area contributed by atoms with Crippen LogP contribution in [0, 0.1) is 11.3 Å². The lowest BCUT2D eigenvalue weighted by Gasteiger charge is -2.11. The molecule has 1 fully saturated rings. The van der Waals surface area contributed by atoms with E-state index in [1.54, 1.807) is 0 Å². The molecule has 0 bridgehead atoms. The molecule has 1 aromatic heterocycles. The van der Waals surface area contributed by atoms with Crippen LogP contribution in [0.1, 0.15) is 18.4 Å². The molecule has 2 heterocycles. The number of benzene rings is 1. The fourth-order valence-electron chi connectivity index (χ4n) is 2.38. The molecule has 1 aliphatic rings. The maximum atomic E-state index is 9.23. The third-order valence-corrected chi connectivity index (χ3v) is 4.77. The molecule has 1 atom stereocenters. The summed E-state index contributed by atoms with van der Waals surface area (Å²) in [6, 6.07) is 11.9. The van der Waals surface area contributed by atoms with Crippen LogP contribution < -0.4 is 5.32 Å². The first kappa shape index (κ1) is 12.3. The molecule has 1 saturated heterocycles. The van der Waals surface area contributed by atoms with Crippen LogP contribution in [0.25, 0.3) is 10.9 Å². The molecule has 0 radical (unpaired) electrons. The van der Waals surface area contributed by atoms with Crippen molar-refractivity contribution >= 4 is 28.5 Å². The van der Waals surface area contributed by atoms with Gasteiger partial charge in [-0.15, -0.1) is 0 Å². The third-order valence-electron chi connectivity index (χ3n) is 3.37. The number of nitrogens with one attached hydrogen (secondary N) is 1. The van der Waals surface area contributed by atoms with Crippen molar-refractivity contribution in [3.05, 3.63) is 35.9 Å². The molecular formula is C15H15N3S. The van der Waals surface area contributed by atoms with E-state index in [9.17, 15) is 5.26 Å². The monoisotopic (exact) mass is 269 g/mol. The average molecular weight is 269 g/mol. The second kappa shape index (κ2) is 5.50. The molecule has 0 spiro atoms. The predicted molar refractivity (Wildman–Crippen MR) is 80.4 cm³/mol. The maximum absolute atomic E-state index is 9.23. The lowest BCUT2D eigenvalue weighted by atomic mass is 10.1. The highest BCUT2D eigenvalue weighted by atomic mass is 32.2. The highest BCUT2D eigenvalue weighted by Gasteiger charge is 2.15. The van der Waals surface area contributed by atoms with Gasteiger partial charge in [0.05, 0.1) is 17.1 Å². The number of para-hydroxylation sites is 1. The SMILES string of the molecule is N#Cc1cc(NCC2CCCS2)nc2ccccc12. The van der Waals surface area contributed by atoms with Crippen LogP contribution in [0.2, 0.25) is 0 Å². The van der Waals surface area contributed by atoms with Crippen molar-refractivity contribution in [2.45, 2.75) is 18.1 Å². The molecule has 1 unspecified atom stereocenters. The van der Waals surface area contributed by atoms with Gasteiger partial charge in [0, 0.05) is 17.2 Å². The van der Waals surface area contributed by atoms with E-state index in [0.717, 1.165) is 23.3 Å². The number of rotatable bonds is 3. The third kappa shape index (κ3) is 2.66. The highest BCUT2D eigenvalue weighted by molar-refractivity contribution is 8.00. The topological polar surface area (TPSA) is 48.7 Å². The van der Waals surface area contributed by atoms with E-state index in [0.29, 0.717) is 10.8 Å². The van der Waals surface area contributed by atoms with Crippen molar-refractivity contribution in [1.82, 2.24) is 4.98 Å². The lowest BCUT2D eigenvalue weighted by Crippen LogP contribution is -2.14. The van der Waals surface area contributed by atoms with Gasteiger partial charge in [-0.2, -0.15) is 17.0 Å². The normalized spacial score (nSPS) is 18.4. The first-order chi connectivity index (χ1) is 9.36. The van der Waals surface area contributed by atoms with Crippen molar-refractivity contribution in [2.24, 2.45) is 0 Å².